The predicted octanol–water partition coefficient (Wildman–Crippen LogP) is 5.08. The van der Waals surface area contributed by atoms with Crippen molar-refractivity contribution in [2.24, 2.45) is 5.92 Å². The number of carbonyl (C=O) groups excluding carboxylic acids is 1. The lowest BCUT2D eigenvalue weighted by Gasteiger charge is -2.43. The lowest BCUT2D eigenvalue weighted by Crippen LogP contribution is -2.46. The molecule has 0 aliphatic heterocycles. The van der Waals surface area contributed by atoms with E-state index in [0.29, 0.717) is 0 Å². The highest BCUT2D eigenvalue weighted by Gasteiger charge is 2.46. The molecular weight excluding hydrogens is 340 g/mol. The third-order valence-electron chi connectivity index (χ3n) is 4.39. The van der Waals surface area contributed by atoms with Crippen molar-refractivity contribution in [3.05, 3.63) is 71.8 Å². The van der Waals surface area contributed by atoms with Gasteiger partial charge in [-0.1, -0.05) is 74.5 Å². The maximum Gasteiger partial charge on any atom is 0.185 e. The molecular formula is C22H30O3Si. The molecule has 0 saturated heterocycles. The van der Waals surface area contributed by atoms with E-state index in [4.69, 9.17) is 4.43 Å². The molecule has 140 valence electrons. The first-order valence-electron chi connectivity index (χ1n) is 9.17. The van der Waals surface area contributed by atoms with E-state index in [1.807, 2.05) is 74.5 Å². The molecule has 2 rings (SSSR count). The van der Waals surface area contributed by atoms with E-state index in [2.05, 4.69) is 19.6 Å². The average Bonchev–Trinajstić information content (AvgIpc) is 2.60. The molecule has 0 aliphatic rings. The van der Waals surface area contributed by atoms with E-state index in [-0.39, 0.29) is 18.1 Å². The first-order valence-corrected chi connectivity index (χ1v) is 12.6. The molecule has 0 aliphatic carbocycles. The van der Waals surface area contributed by atoms with Gasteiger partial charge in [-0.2, -0.15) is 0 Å². The van der Waals surface area contributed by atoms with Gasteiger partial charge < -0.3 is 9.53 Å². The number of Topliss-reactive ketones (excluding diaryl/α,β-unsaturated/α-hetero) is 1. The van der Waals surface area contributed by atoms with Crippen LogP contribution < -0.4 is 0 Å². The van der Waals surface area contributed by atoms with Gasteiger partial charge in [0.25, 0.3) is 0 Å². The Morgan fingerprint density at radius 1 is 1.00 bits per heavy atom. The van der Waals surface area contributed by atoms with Crippen LogP contribution in [0.3, 0.4) is 0 Å². The van der Waals surface area contributed by atoms with Gasteiger partial charge in [-0.25, -0.2) is 0 Å². The number of aliphatic hydroxyl groups is 1. The van der Waals surface area contributed by atoms with E-state index in [1.165, 1.54) is 0 Å². The SMILES string of the molecule is CC(C)C(=O)CC(O[Si](C)(C)C)(c1ccccc1)C(O)c1ccccc1. The van der Waals surface area contributed by atoms with Crippen molar-refractivity contribution in [1.29, 1.82) is 0 Å². The maximum atomic E-state index is 12.8. The molecule has 1 N–H and O–H groups in total. The van der Waals surface area contributed by atoms with Crippen molar-refractivity contribution < 1.29 is 14.3 Å². The molecule has 0 spiro atoms. The minimum Gasteiger partial charge on any atom is -0.405 e. The predicted molar refractivity (Wildman–Crippen MR) is 108 cm³/mol. The average molecular weight is 371 g/mol. The number of ketones is 1. The quantitative estimate of drug-likeness (QED) is 0.659. The number of rotatable bonds is 8. The van der Waals surface area contributed by atoms with Crippen LogP contribution in [0.25, 0.3) is 0 Å². The summed E-state index contributed by atoms with van der Waals surface area (Å²) in [6, 6.07) is 19.1. The highest BCUT2D eigenvalue weighted by Crippen LogP contribution is 2.44. The Bertz CT molecular complexity index is 707. The van der Waals surface area contributed by atoms with Crippen LogP contribution in [0.2, 0.25) is 19.6 Å². The van der Waals surface area contributed by atoms with Gasteiger partial charge in [-0.3, -0.25) is 4.79 Å². The summed E-state index contributed by atoms with van der Waals surface area (Å²) in [6.07, 6.45) is -0.782. The molecule has 0 heterocycles. The van der Waals surface area contributed by atoms with Crippen molar-refractivity contribution in [2.45, 2.75) is 51.6 Å². The molecule has 26 heavy (non-hydrogen) atoms. The summed E-state index contributed by atoms with van der Waals surface area (Å²) < 4.78 is 6.62. The van der Waals surface area contributed by atoms with Crippen molar-refractivity contribution in [2.75, 3.05) is 0 Å². The molecule has 0 aromatic heterocycles. The van der Waals surface area contributed by atoms with Gasteiger partial charge in [0.15, 0.2) is 8.32 Å². The summed E-state index contributed by atoms with van der Waals surface area (Å²) in [6.45, 7) is 10.0. The summed E-state index contributed by atoms with van der Waals surface area (Å²) in [7, 11) is -2.08. The smallest absolute Gasteiger partial charge is 0.185 e. The molecule has 0 fully saturated rings. The van der Waals surface area contributed by atoms with Gasteiger partial charge in [0.1, 0.15) is 17.5 Å². The van der Waals surface area contributed by atoms with E-state index in [0.717, 1.165) is 11.1 Å². The van der Waals surface area contributed by atoms with Crippen LogP contribution in [0.1, 0.15) is 37.5 Å². The van der Waals surface area contributed by atoms with E-state index in [1.54, 1.807) is 0 Å². The lowest BCUT2D eigenvalue weighted by molar-refractivity contribution is -0.134. The Morgan fingerprint density at radius 2 is 1.50 bits per heavy atom. The highest BCUT2D eigenvalue weighted by molar-refractivity contribution is 6.69. The summed E-state index contributed by atoms with van der Waals surface area (Å²) in [5, 5.41) is 11.4. The molecule has 4 heteroatoms. The van der Waals surface area contributed by atoms with Crippen LogP contribution in [0.15, 0.2) is 60.7 Å². The molecule has 2 aromatic rings. The van der Waals surface area contributed by atoms with Gasteiger partial charge >= 0.3 is 0 Å². The Labute approximate surface area is 158 Å². The van der Waals surface area contributed by atoms with Crippen LogP contribution in [-0.2, 0) is 14.8 Å². The zero-order valence-electron chi connectivity index (χ0n) is 16.4. The molecule has 3 nitrogen and oxygen atoms in total. The standard InChI is InChI=1S/C22H30O3Si/c1-17(2)20(23)16-22(25-26(3,4)5,19-14-10-7-11-15-19)21(24)18-12-8-6-9-13-18/h6-15,17,21,24H,16H2,1-5H3. The van der Waals surface area contributed by atoms with E-state index >= 15 is 0 Å². The third-order valence-corrected chi connectivity index (χ3v) is 5.37. The van der Waals surface area contributed by atoms with E-state index < -0.39 is 20.0 Å². The van der Waals surface area contributed by atoms with Crippen LogP contribution in [0.4, 0.5) is 0 Å². The second-order valence-electron chi connectivity index (χ2n) is 8.08. The second kappa shape index (κ2) is 8.29. The third kappa shape index (κ3) is 4.91. The number of carbonyl (C=O) groups is 1. The fourth-order valence-corrected chi connectivity index (χ4v) is 4.54. The van der Waals surface area contributed by atoms with Crippen molar-refractivity contribution in [3.63, 3.8) is 0 Å². The topological polar surface area (TPSA) is 46.5 Å². The van der Waals surface area contributed by atoms with Crippen LogP contribution in [0.5, 0.6) is 0 Å². The lowest BCUT2D eigenvalue weighted by atomic mass is 9.79. The van der Waals surface area contributed by atoms with Gasteiger partial charge in [-0.05, 0) is 30.8 Å². The summed E-state index contributed by atoms with van der Waals surface area (Å²) in [5.74, 6) is -0.0339. The zero-order valence-corrected chi connectivity index (χ0v) is 17.4. The fourth-order valence-electron chi connectivity index (χ4n) is 3.14. The Morgan fingerprint density at radius 3 is 1.96 bits per heavy atom. The van der Waals surface area contributed by atoms with Gasteiger partial charge in [0, 0.05) is 12.3 Å². The van der Waals surface area contributed by atoms with Gasteiger partial charge in [0.2, 0.25) is 0 Å². The second-order valence-corrected chi connectivity index (χ2v) is 12.5. The highest BCUT2D eigenvalue weighted by atomic mass is 28.4. The molecule has 0 bridgehead atoms. The largest absolute Gasteiger partial charge is 0.405 e. The Hall–Kier alpha value is -1.75. The van der Waals surface area contributed by atoms with Gasteiger partial charge in [0.05, 0.1) is 0 Å². The summed E-state index contributed by atoms with van der Waals surface area (Å²) in [5.41, 5.74) is 0.507. The zero-order chi connectivity index (χ0) is 19.4. The van der Waals surface area contributed by atoms with Crippen LogP contribution in [0, 0.1) is 5.92 Å². The van der Waals surface area contributed by atoms with Gasteiger partial charge in [-0.15, -0.1) is 0 Å². The van der Waals surface area contributed by atoms with Crippen molar-refractivity contribution in [1.82, 2.24) is 0 Å². The number of benzene rings is 2. The number of aliphatic hydroxyl groups excluding tert-OH is 1. The molecule has 2 aromatic carbocycles. The molecule has 2 atom stereocenters. The molecule has 0 saturated carbocycles. The first-order chi connectivity index (χ1) is 12.2. The first kappa shape index (κ1) is 20.6. The number of hydrogen-bond donors (Lipinski definition) is 1. The molecule has 0 amide bonds. The molecule has 0 radical (unpaired) electrons. The number of hydrogen-bond acceptors (Lipinski definition) is 3. The summed E-state index contributed by atoms with van der Waals surface area (Å²) >= 11 is 0. The monoisotopic (exact) mass is 370 g/mol. The minimum atomic E-state index is -2.08. The van der Waals surface area contributed by atoms with Crippen LogP contribution >= 0.6 is 0 Å². The van der Waals surface area contributed by atoms with Crippen LogP contribution in [-0.4, -0.2) is 19.2 Å². The van der Waals surface area contributed by atoms with E-state index in [9.17, 15) is 9.90 Å². The molecule has 2 unspecified atom stereocenters. The normalized spacial score (nSPS) is 15.5. The Kier molecular flexibility index (Phi) is 6.56. The van der Waals surface area contributed by atoms with Crippen molar-refractivity contribution >= 4 is 14.1 Å². The summed E-state index contributed by atoms with van der Waals surface area (Å²) in [4.78, 5) is 12.8. The van der Waals surface area contributed by atoms with Crippen molar-refractivity contribution in [3.8, 4) is 0 Å². The Balaban J connectivity index is 2.64. The fraction of sp³-hybridized carbons (Fsp3) is 0.409. The maximum absolute atomic E-state index is 12.8. The minimum absolute atomic E-state index is 0.0853.